The lowest BCUT2D eigenvalue weighted by Crippen LogP contribution is -2.63. The summed E-state index contributed by atoms with van der Waals surface area (Å²) >= 11 is 0. The van der Waals surface area contributed by atoms with Crippen molar-refractivity contribution in [2.75, 3.05) is 20.3 Å². The molecule has 2 saturated heterocycles. The molecular formula is C13H25O14P. The molecule has 0 bridgehead atoms. The van der Waals surface area contributed by atoms with Crippen LogP contribution in [-0.2, 0) is 27.8 Å². The number of hydrogen-bond acceptors (Lipinski definition) is 13. The van der Waals surface area contributed by atoms with Crippen molar-refractivity contribution < 1.29 is 68.5 Å². The number of phosphoric acid groups is 1. The third-order valence-electron chi connectivity index (χ3n) is 4.42. The molecule has 2 rings (SSSR count). The van der Waals surface area contributed by atoms with Gasteiger partial charge in [0.2, 0.25) is 0 Å². The van der Waals surface area contributed by atoms with Gasteiger partial charge in [-0.25, -0.2) is 4.57 Å². The molecule has 0 spiro atoms. The van der Waals surface area contributed by atoms with E-state index in [4.69, 9.17) is 19.3 Å². The first-order valence-electron chi connectivity index (χ1n) is 8.21. The molecule has 0 aromatic heterocycles. The van der Waals surface area contributed by atoms with Crippen LogP contribution in [0, 0.1) is 0 Å². The zero-order chi connectivity index (χ0) is 21.2. The van der Waals surface area contributed by atoms with Crippen LogP contribution in [0.4, 0.5) is 0 Å². The first-order chi connectivity index (χ1) is 13.0. The summed E-state index contributed by atoms with van der Waals surface area (Å²) in [5.74, 6) is 0. The molecule has 0 aromatic rings. The number of ether oxygens (including phenoxy) is 3. The predicted molar refractivity (Wildman–Crippen MR) is 84.3 cm³/mol. The zero-order valence-electron chi connectivity index (χ0n) is 14.7. The van der Waals surface area contributed by atoms with E-state index in [0.717, 1.165) is 7.11 Å². The topological polar surface area (TPSA) is 225 Å². The second-order valence-electron chi connectivity index (χ2n) is 6.29. The summed E-state index contributed by atoms with van der Waals surface area (Å²) in [6, 6.07) is 0. The van der Waals surface area contributed by atoms with Crippen LogP contribution in [0.5, 0.6) is 0 Å². The average molecular weight is 436 g/mol. The molecule has 0 aromatic carbocycles. The fourth-order valence-electron chi connectivity index (χ4n) is 2.70. The molecule has 0 saturated carbocycles. The van der Waals surface area contributed by atoms with Gasteiger partial charge in [0.25, 0.3) is 0 Å². The standard InChI is InChI=1S/C13H25O14P/c1-23-28(21,22)24-3-5-7(16)9(18)11(20)13(26-5)27-12-10(19)8(17)6(15)4(2-14)25-12/h4-20H,2-3H2,1H3,(H,21,22)/t4?,5?,6-,7-,8+,9?,10?,11?,12-,13-/m1/s1. The number of aliphatic hydroxyl groups is 7. The van der Waals surface area contributed by atoms with Gasteiger partial charge in [0.05, 0.1) is 13.2 Å². The van der Waals surface area contributed by atoms with Crippen LogP contribution in [0.15, 0.2) is 0 Å². The van der Waals surface area contributed by atoms with E-state index in [2.05, 4.69) is 9.05 Å². The number of phosphoric ester groups is 1. The fourth-order valence-corrected chi connectivity index (χ4v) is 3.14. The highest BCUT2D eigenvalue weighted by Gasteiger charge is 2.50. The van der Waals surface area contributed by atoms with Crippen molar-refractivity contribution in [1.29, 1.82) is 0 Å². The van der Waals surface area contributed by atoms with Crippen molar-refractivity contribution in [3.8, 4) is 0 Å². The molecule has 8 N–H and O–H groups in total. The molecule has 166 valence electrons. The van der Waals surface area contributed by atoms with Gasteiger partial charge in [-0.2, -0.15) is 0 Å². The smallest absolute Gasteiger partial charge is 0.394 e. The van der Waals surface area contributed by atoms with E-state index in [1.165, 1.54) is 0 Å². The SMILES string of the molecule is COP(=O)(O)OCC1O[C@H](O[C@H]2OC(CO)[C@@H](O)[C@H](O)C2O)C(O)C(O)[C@@H]1O. The Balaban J connectivity index is 2.07. The normalized spacial score (nSPS) is 46.9. The van der Waals surface area contributed by atoms with Crippen molar-refractivity contribution in [3.05, 3.63) is 0 Å². The Morgan fingerprint density at radius 1 is 0.821 bits per heavy atom. The average Bonchev–Trinajstić information content (AvgIpc) is 2.67. The van der Waals surface area contributed by atoms with Crippen LogP contribution in [0.25, 0.3) is 0 Å². The second kappa shape index (κ2) is 9.68. The minimum Gasteiger partial charge on any atom is -0.394 e. The largest absolute Gasteiger partial charge is 0.472 e. The van der Waals surface area contributed by atoms with Crippen LogP contribution in [0.2, 0.25) is 0 Å². The van der Waals surface area contributed by atoms with E-state index in [0.29, 0.717) is 0 Å². The van der Waals surface area contributed by atoms with Gasteiger partial charge in [-0.1, -0.05) is 0 Å². The Morgan fingerprint density at radius 3 is 1.75 bits per heavy atom. The van der Waals surface area contributed by atoms with Gasteiger partial charge in [-0.3, -0.25) is 9.05 Å². The van der Waals surface area contributed by atoms with Crippen molar-refractivity contribution >= 4 is 7.82 Å². The molecule has 14 nitrogen and oxygen atoms in total. The molecule has 11 atom stereocenters. The van der Waals surface area contributed by atoms with Crippen LogP contribution in [0.3, 0.4) is 0 Å². The molecule has 0 amide bonds. The summed E-state index contributed by atoms with van der Waals surface area (Å²) in [6.45, 7) is -1.46. The van der Waals surface area contributed by atoms with Gasteiger partial charge >= 0.3 is 7.82 Å². The van der Waals surface area contributed by atoms with Gasteiger partial charge in [0.1, 0.15) is 48.8 Å². The van der Waals surface area contributed by atoms with Gasteiger partial charge in [0, 0.05) is 7.11 Å². The Bertz CT molecular complexity index is 547. The van der Waals surface area contributed by atoms with Crippen LogP contribution in [0.1, 0.15) is 0 Å². The summed E-state index contributed by atoms with van der Waals surface area (Å²) in [7, 11) is -3.52. The second-order valence-corrected chi connectivity index (χ2v) is 7.86. The first-order valence-corrected chi connectivity index (χ1v) is 9.70. The monoisotopic (exact) mass is 436 g/mol. The van der Waals surface area contributed by atoms with Crippen molar-refractivity contribution in [2.45, 2.75) is 61.4 Å². The van der Waals surface area contributed by atoms with E-state index in [9.17, 15) is 40.1 Å². The highest BCUT2D eigenvalue weighted by atomic mass is 31.2. The summed E-state index contributed by atoms with van der Waals surface area (Å²) in [5, 5.41) is 68.5. The molecular weight excluding hydrogens is 411 g/mol. The third-order valence-corrected chi connectivity index (χ3v) is 5.35. The summed E-state index contributed by atoms with van der Waals surface area (Å²) in [6.07, 6.45) is -16.8. The Labute approximate surface area is 159 Å². The fraction of sp³-hybridized carbons (Fsp3) is 1.00. The Morgan fingerprint density at radius 2 is 1.29 bits per heavy atom. The molecule has 6 unspecified atom stereocenters. The number of rotatable bonds is 7. The summed E-state index contributed by atoms with van der Waals surface area (Å²) in [5.41, 5.74) is 0. The maximum Gasteiger partial charge on any atom is 0.472 e. The third kappa shape index (κ3) is 5.24. The molecule has 2 aliphatic heterocycles. The number of aliphatic hydroxyl groups excluding tert-OH is 7. The molecule has 2 aliphatic rings. The lowest BCUT2D eigenvalue weighted by molar-refractivity contribution is -0.376. The van der Waals surface area contributed by atoms with Gasteiger partial charge in [0.15, 0.2) is 12.6 Å². The van der Waals surface area contributed by atoms with Gasteiger partial charge < -0.3 is 54.8 Å². The minimum absolute atomic E-state index is 0.723. The van der Waals surface area contributed by atoms with Crippen LogP contribution in [-0.4, -0.2) is 122 Å². The minimum atomic E-state index is -4.42. The highest BCUT2D eigenvalue weighted by molar-refractivity contribution is 7.47. The maximum atomic E-state index is 11.4. The van der Waals surface area contributed by atoms with E-state index in [1.807, 2.05) is 0 Å². The quantitative estimate of drug-likeness (QED) is 0.176. The molecule has 0 radical (unpaired) electrons. The Hall–Kier alpha value is -0.290. The molecule has 2 fully saturated rings. The molecule has 2 heterocycles. The lowest BCUT2D eigenvalue weighted by Gasteiger charge is -2.44. The lowest BCUT2D eigenvalue weighted by atomic mass is 9.98. The molecule has 0 aliphatic carbocycles. The maximum absolute atomic E-state index is 11.4. The van der Waals surface area contributed by atoms with Crippen molar-refractivity contribution in [2.24, 2.45) is 0 Å². The molecule has 28 heavy (non-hydrogen) atoms. The van der Waals surface area contributed by atoms with Crippen molar-refractivity contribution in [1.82, 2.24) is 0 Å². The predicted octanol–water partition coefficient (Wildman–Crippen LogP) is -4.63. The first kappa shape index (κ1) is 24.0. The van der Waals surface area contributed by atoms with E-state index < -0.39 is 82.4 Å². The van der Waals surface area contributed by atoms with Gasteiger partial charge in [-0.15, -0.1) is 0 Å². The molecule has 15 heteroatoms. The van der Waals surface area contributed by atoms with Crippen LogP contribution < -0.4 is 0 Å². The van der Waals surface area contributed by atoms with E-state index >= 15 is 0 Å². The summed E-state index contributed by atoms with van der Waals surface area (Å²) in [4.78, 5) is 9.23. The summed E-state index contributed by atoms with van der Waals surface area (Å²) < 4.78 is 35.6. The van der Waals surface area contributed by atoms with Gasteiger partial charge in [-0.05, 0) is 0 Å². The Kier molecular flexibility index (Phi) is 8.29. The number of hydrogen-bond donors (Lipinski definition) is 8. The zero-order valence-corrected chi connectivity index (χ0v) is 15.6. The van der Waals surface area contributed by atoms with E-state index in [1.54, 1.807) is 0 Å². The van der Waals surface area contributed by atoms with Crippen LogP contribution >= 0.6 is 7.82 Å². The van der Waals surface area contributed by atoms with E-state index in [-0.39, 0.29) is 0 Å². The highest BCUT2D eigenvalue weighted by Crippen LogP contribution is 2.42. The van der Waals surface area contributed by atoms with Crippen molar-refractivity contribution in [3.63, 3.8) is 0 Å².